The molecule has 1 N–H and O–H groups in total. The van der Waals surface area contributed by atoms with Gasteiger partial charge in [-0.15, -0.1) is 0 Å². The van der Waals surface area contributed by atoms with Crippen LogP contribution in [-0.2, 0) is 31.5 Å². The second-order valence-electron chi connectivity index (χ2n) is 10.3. The lowest BCUT2D eigenvalue weighted by molar-refractivity contribution is -0.348. The molecule has 5 nitrogen and oxygen atoms in total. The van der Waals surface area contributed by atoms with Crippen molar-refractivity contribution in [1.29, 1.82) is 0 Å². The van der Waals surface area contributed by atoms with Gasteiger partial charge in [-0.2, -0.15) is 26.3 Å². The molecule has 220 valence electrons. The average Bonchev–Trinajstić information content (AvgIpc) is 3.27. The van der Waals surface area contributed by atoms with Crippen LogP contribution in [0, 0.1) is 5.82 Å². The second-order valence-corrected chi connectivity index (χ2v) is 12.5. The fourth-order valence-corrected chi connectivity index (χ4v) is 8.12. The van der Waals surface area contributed by atoms with Gasteiger partial charge in [-0.1, -0.05) is 25.1 Å². The molecule has 0 saturated carbocycles. The fraction of sp³-hybridized carbons (Fsp3) is 0.500. The summed E-state index contributed by atoms with van der Waals surface area (Å²) < 4.78 is 135. The summed E-state index contributed by atoms with van der Waals surface area (Å²) in [6, 6.07) is 3.86. The zero-order valence-electron chi connectivity index (χ0n) is 21.2. The number of benzene rings is 2. The van der Waals surface area contributed by atoms with E-state index in [1.807, 2.05) is 0 Å². The number of amides is 1. The smallest absolute Gasteiger partial charge is 0.380 e. The molecule has 1 heterocycles. The van der Waals surface area contributed by atoms with Crippen LogP contribution >= 0.6 is 0 Å². The molecule has 2 aromatic carbocycles. The number of sulfone groups is 1. The largest absolute Gasteiger partial charge is 0.435 e. The zero-order chi connectivity index (χ0) is 30.1. The minimum atomic E-state index is -6.36. The van der Waals surface area contributed by atoms with Crippen molar-refractivity contribution in [3.05, 3.63) is 65.0 Å². The van der Waals surface area contributed by atoms with Crippen LogP contribution in [0.25, 0.3) is 0 Å². The number of alkyl halides is 7. The van der Waals surface area contributed by atoms with E-state index in [-0.39, 0.29) is 49.4 Å². The van der Waals surface area contributed by atoms with Gasteiger partial charge in [-0.3, -0.25) is 4.79 Å². The van der Waals surface area contributed by atoms with E-state index in [1.54, 1.807) is 0 Å². The van der Waals surface area contributed by atoms with E-state index in [0.717, 1.165) is 35.2 Å². The van der Waals surface area contributed by atoms with Crippen molar-refractivity contribution in [2.75, 3.05) is 6.54 Å². The lowest BCUT2D eigenvalue weighted by atomic mass is 9.76. The van der Waals surface area contributed by atoms with Gasteiger partial charge >= 0.3 is 18.0 Å². The van der Waals surface area contributed by atoms with E-state index < -0.39 is 66.4 Å². The zero-order valence-corrected chi connectivity index (χ0v) is 22.0. The first-order valence-electron chi connectivity index (χ1n) is 12.3. The molecule has 1 unspecified atom stereocenters. The van der Waals surface area contributed by atoms with Crippen LogP contribution in [0.3, 0.4) is 0 Å². The molecule has 14 heteroatoms. The molecular formula is C26H25F8NO4S. The van der Waals surface area contributed by atoms with Crippen molar-refractivity contribution in [2.24, 2.45) is 0 Å². The summed E-state index contributed by atoms with van der Waals surface area (Å²) >= 11 is 0. The minimum Gasteiger partial charge on any atom is -0.380 e. The predicted molar refractivity (Wildman–Crippen MR) is 126 cm³/mol. The van der Waals surface area contributed by atoms with Gasteiger partial charge in [0, 0.05) is 12.1 Å². The molecule has 2 aromatic rings. The molecule has 1 saturated heterocycles. The van der Waals surface area contributed by atoms with Crippen molar-refractivity contribution in [2.45, 2.75) is 78.8 Å². The van der Waals surface area contributed by atoms with Crippen LogP contribution in [0.4, 0.5) is 35.1 Å². The van der Waals surface area contributed by atoms with Gasteiger partial charge in [0.1, 0.15) is 16.2 Å². The highest BCUT2D eigenvalue weighted by Crippen LogP contribution is 2.56. The molecule has 1 aliphatic carbocycles. The van der Waals surface area contributed by atoms with Crippen molar-refractivity contribution in [3.8, 4) is 0 Å². The summed E-state index contributed by atoms with van der Waals surface area (Å²) in [5, 5.41) is 10.6. The van der Waals surface area contributed by atoms with Crippen LogP contribution in [0.15, 0.2) is 47.4 Å². The Morgan fingerprint density at radius 1 is 1.02 bits per heavy atom. The van der Waals surface area contributed by atoms with Gasteiger partial charge < -0.3 is 10.0 Å². The van der Waals surface area contributed by atoms with E-state index in [9.17, 15) is 53.4 Å². The second kappa shape index (κ2) is 9.40. The standard InChI is InChI=1S/C26H25F8NO4S/c1-3-22(2,37)21(36)35-13-12-23(40(38,39)18-8-6-17(27)7-9-18)19-10-5-16(14-15(19)4-11-20(23)35)24(28,25(29,30)31)26(32,33)34/h5-10,14,20,37H,3-4,11-13H2,1-2H3/t20-,22?,23-/m1/s1. The summed E-state index contributed by atoms with van der Waals surface area (Å²) in [5.74, 6) is -1.56. The number of carbonyl (C=O) groups is 1. The Hall–Kier alpha value is -2.74. The maximum Gasteiger partial charge on any atom is 0.435 e. The molecule has 40 heavy (non-hydrogen) atoms. The van der Waals surface area contributed by atoms with Gasteiger partial charge in [0.15, 0.2) is 9.84 Å². The number of rotatable bonds is 5. The van der Waals surface area contributed by atoms with Crippen molar-refractivity contribution in [3.63, 3.8) is 0 Å². The highest BCUT2D eigenvalue weighted by molar-refractivity contribution is 7.92. The summed E-state index contributed by atoms with van der Waals surface area (Å²) in [5.41, 5.74) is -9.79. The molecule has 2 aliphatic rings. The molecule has 0 bridgehead atoms. The molecule has 0 radical (unpaired) electrons. The molecule has 1 fully saturated rings. The molecule has 4 rings (SSSR count). The fourth-order valence-electron chi connectivity index (χ4n) is 5.76. The molecule has 0 aromatic heterocycles. The molecule has 1 amide bonds. The Kier molecular flexibility index (Phi) is 7.10. The number of aryl methyl sites for hydroxylation is 1. The van der Waals surface area contributed by atoms with E-state index in [0.29, 0.717) is 6.07 Å². The van der Waals surface area contributed by atoms with Crippen molar-refractivity contribution >= 4 is 15.7 Å². The maximum absolute atomic E-state index is 14.9. The van der Waals surface area contributed by atoms with Crippen LogP contribution in [0.2, 0.25) is 0 Å². The molecular weight excluding hydrogens is 574 g/mol. The number of carbonyl (C=O) groups excluding carboxylic acids is 1. The maximum atomic E-state index is 14.9. The van der Waals surface area contributed by atoms with Crippen LogP contribution in [0.1, 0.15) is 49.8 Å². The van der Waals surface area contributed by atoms with Gasteiger partial charge in [0.05, 0.1) is 10.9 Å². The molecule has 0 spiro atoms. The van der Waals surface area contributed by atoms with Crippen LogP contribution < -0.4 is 0 Å². The van der Waals surface area contributed by atoms with Gasteiger partial charge in [-0.25, -0.2) is 17.2 Å². The van der Waals surface area contributed by atoms with Crippen LogP contribution in [0.5, 0.6) is 0 Å². The quantitative estimate of drug-likeness (QED) is 0.365. The lowest BCUT2D eigenvalue weighted by Gasteiger charge is -2.44. The van der Waals surface area contributed by atoms with Gasteiger partial charge in [0.2, 0.25) is 0 Å². The third kappa shape index (κ3) is 4.20. The summed E-state index contributed by atoms with van der Waals surface area (Å²) in [7, 11) is -4.59. The Morgan fingerprint density at radius 2 is 1.60 bits per heavy atom. The monoisotopic (exact) mass is 599 g/mol. The van der Waals surface area contributed by atoms with Crippen LogP contribution in [-0.4, -0.2) is 54.9 Å². The topological polar surface area (TPSA) is 74.7 Å². The van der Waals surface area contributed by atoms with E-state index >= 15 is 0 Å². The predicted octanol–water partition coefficient (Wildman–Crippen LogP) is 5.49. The highest BCUT2D eigenvalue weighted by atomic mass is 32.2. The van der Waals surface area contributed by atoms with Crippen molar-refractivity contribution in [1.82, 2.24) is 4.90 Å². The Morgan fingerprint density at radius 3 is 2.12 bits per heavy atom. The minimum absolute atomic E-state index is 0.0276. The number of fused-ring (bicyclic) bond motifs is 3. The summed E-state index contributed by atoms with van der Waals surface area (Å²) in [6.45, 7) is 2.56. The molecule has 3 atom stereocenters. The first kappa shape index (κ1) is 30.2. The third-order valence-corrected chi connectivity index (χ3v) is 10.6. The van der Waals surface area contributed by atoms with Gasteiger partial charge in [-0.05, 0) is 68.0 Å². The van der Waals surface area contributed by atoms with Gasteiger partial charge in [0.25, 0.3) is 5.91 Å². The average molecular weight is 600 g/mol. The lowest BCUT2D eigenvalue weighted by Crippen LogP contribution is -2.56. The highest BCUT2D eigenvalue weighted by Gasteiger charge is 2.74. The number of hydrogen-bond acceptors (Lipinski definition) is 4. The SMILES string of the molecule is CCC(C)(O)C(=O)N1CC[C@@]2(S(=O)(=O)c3ccc(F)cc3)c3ccc(C(F)(C(F)(F)F)C(F)(F)F)cc3CC[C@@H]12. The number of hydrogen-bond donors (Lipinski definition) is 1. The van der Waals surface area contributed by atoms with Crippen molar-refractivity contribution < 1.29 is 53.4 Å². The number of halogens is 8. The number of aliphatic hydroxyl groups is 1. The Bertz CT molecular complexity index is 1410. The number of nitrogens with zero attached hydrogens (tertiary/aromatic N) is 1. The molecule has 1 aliphatic heterocycles. The van der Waals surface area contributed by atoms with E-state index in [2.05, 4.69) is 0 Å². The van der Waals surface area contributed by atoms with E-state index in [1.165, 1.54) is 13.8 Å². The summed E-state index contributed by atoms with van der Waals surface area (Å²) in [4.78, 5) is 14.0. The normalized spacial score (nSPS) is 23.4. The Labute approximate surface area is 224 Å². The number of likely N-dealkylation sites (tertiary alicyclic amines) is 1. The Balaban J connectivity index is 1.97. The first-order chi connectivity index (χ1) is 18.3. The van der Waals surface area contributed by atoms with E-state index in [4.69, 9.17) is 0 Å². The first-order valence-corrected chi connectivity index (χ1v) is 13.7. The summed E-state index contributed by atoms with van der Waals surface area (Å²) in [6.07, 6.45) is -13.6. The third-order valence-electron chi connectivity index (χ3n) is 8.08.